The van der Waals surface area contributed by atoms with Gasteiger partial charge in [0.25, 0.3) is 0 Å². The first-order valence-corrected chi connectivity index (χ1v) is 10.5. The smallest absolute Gasteiger partial charge is 0.157 e. The summed E-state index contributed by atoms with van der Waals surface area (Å²) >= 11 is 0. The number of ether oxygens (including phenoxy) is 2. The maximum Gasteiger partial charge on any atom is 0.157 e. The minimum Gasteiger partial charge on any atom is -0.353 e. The van der Waals surface area contributed by atoms with E-state index in [2.05, 4.69) is 13.8 Å². The zero-order chi connectivity index (χ0) is 17.5. The molecular weight excluding hydrogens is 300 g/mol. The van der Waals surface area contributed by atoms with Gasteiger partial charge in [0, 0.05) is 19.4 Å². The van der Waals surface area contributed by atoms with Gasteiger partial charge in [0.2, 0.25) is 0 Å². The van der Waals surface area contributed by atoms with Crippen LogP contribution in [0.4, 0.5) is 0 Å². The number of hydrogen-bond acceptors (Lipinski definition) is 3. The van der Waals surface area contributed by atoms with E-state index < -0.39 is 0 Å². The molecule has 3 nitrogen and oxygen atoms in total. The summed E-state index contributed by atoms with van der Waals surface area (Å²) in [5, 5.41) is 0. The lowest BCUT2D eigenvalue weighted by atomic mass is 10.0. The fourth-order valence-electron chi connectivity index (χ4n) is 3.33. The summed E-state index contributed by atoms with van der Waals surface area (Å²) in [6.45, 7) is 5.24. The van der Waals surface area contributed by atoms with E-state index in [1.165, 1.54) is 44.9 Å². The van der Waals surface area contributed by atoms with Crippen LogP contribution in [-0.4, -0.2) is 24.8 Å². The van der Waals surface area contributed by atoms with Crippen molar-refractivity contribution in [1.29, 1.82) is 0 Å². The summed E-state index contributed by atoms with van der Waals surface area (Å²) in [6, 6.07) is 0. The highest BCUT2D eigenvalue weighted by atomic mass is 16.7. The highest BCUT2D eigenvalue weighted by Crippen LogP contribution is 2.19. The van der Waals surface area contributed by atoms with Crippen LogP contribution in [0, 0.1) is 0 Å². The Morgan fingerprint density at radius 2 is 1.71 bits per heavy atom. The van der Waals surface area contributed by atoms with Crippen LogP contribution in [-0.2, 0) is 14.3 Å². The molecule has 0 amide bonds. The van der Waals surface area contributed by atoms with Crippen molar-refractivity contribution in [3.63, 3.8) is 0 Å². The SMILES string of the molecule is CCCCCCCCCC(=O)CCCC(CC)OC1CCCCO1. The van der Waals surface area contributed by atoms with E-state index in [1.54, 1.807) is 0 Å². The number of unbranched alkanes of at least 4 members (excludes halogenated alkanes) is 6. The third-order valence-electron chi connectivity index (χ3n) is 4.98. The number of ketones is 1. The number of rotatable bonds is 15. The topological polar surface area (TPSA) is 35.5 Å². The van der Waals surface area contributed by atoms with Gasteiger partial charge in [-0.25, -0.2) is 0 Å². The van der Waals surface area contributed by atoms with Crippen molar-refractivity contribution in [2.75, 3.05) is 6.61 Å². The van der Waals surface area contributed by atoms with Gasteiger partial charge in [-0.15, -0.1) is 0 Å². The normalized spacial score (nSPS) is 19.3. The zero-order valence-corrected chi connectivity index (χ0v) is 16.2. The monoisotopic (exact) mass is 340 g/mol. The minimum absolute atomic E-state index is 0.00731. The van der Waals surface area contributed by atoms with Gasteiger partial charge in [0.1, 0.15) is 5.78 Å². The van der Waals surface area contributed by atoms with Gasteiger partial charge in [-0.1, -0.05) is 52.4 Å². The van der Waals surface area contributed by atoms with Gasteiger partial charge < -0.3 is 9.47 Å². The highest BCUT2D eigenvalue weighted by molar-refractivity contribution is 5.78. The van der Waals surface area contributed by atoms with E-state index in [0.29, 0.717) is 5.78 Å². The molecule has 0 radical (unpaired) electrons. The molecule has 1 heterocycles. The molecule has 1 rings (SSSR count). The van der Waals surface area contributed by atoms with Crippen LogP contribution in [0.15, 0.2) is 0 Å². The lowest BCUT2D eigenvalue weighted by Gasteiger charge is -2.27. The van der Waals surface area contributed by atoms with Gasteiger partial charge >= 0.3 is 0 Å². The van der Waals surface area contributed by atoms with E-state index >= 15 is 0 Å². The molecule has 1 aliphatic rings. The first-order chi connectivity index (χ1) is 11.8. The van der Waals surface area contributed by atoms with E-state index in [-0.39, 0.29) is 12.4 Å². The third-order valence-corrected chi connectivity index (χ3v) is 4.98. The Morgan fingerprint density at radius 1 is 1.00 bits per heavy atom. The molecule has 0 saturated carbocycles. The predicted octanol–water partition coefficient (Wildman–Crippen LogP) is 6.19. The molecule has 24 heavy (non-hydrogen) atoms. The highest BCUT2D eigenvalue weighted by Gasteiger charge is 2.18. The van der Waals surface area contributed by atoms with Crippen LogP contribution in [0.2, 0.25) is 0 Å². The Bertz CT molecular complexity index is 297. The van der Waals surface area contributed by atoms with Gasteiger partial charge in [-0.3, -0.25) is 4.79 Å². The fraction of sp³-hybridized carbons (Fsp3) is 0.952. The molecule has 0 bridgehead atoms. The van der Waals surface area contributed by atoms with Crippen LogP contribution in [0.25, 0.3) is 0 Å². The molecule has 0 aromatic carbocycles. The van der Waals surface area contributed by atoms with Crippen LogP contribution >= 0.6 is 0 Å². The average molecular weight is 341 g/mol. The van der Waals surface area contributed by atoms with Crippen LogP contribution in [0.3, 0.4) is 0 Å². The summed E-state index contributed by atoms with van der Waals surface area (Å²) in [4.78, 5) is 12.0. The lowest BCUT2D eigenvalue weighted by Crippen LogP contribution is -2.27. The maximum atomic E-state index is 12.0. The Kier molecular flexibility index (Phi) is 13.4. The molecule has 1 fully saturated rings. The minimum atomic E-state index is -0.00731. The van der Waals surface area contributed by atoms with Crippen molar-refractivity contribution in [2.24, 2.45) is 0 Å². The molecule has 0 spiro atoms. The molecule has 1 aliphatic heterocycles. The summed E-state index contributed by atoms with van der Waals surface area (Å²) < 4.78 is 11.7. The van der Waals surface area contributed by atoms with Gasteiger partial charge in [-0.2, -0.15) is 0 Å². The van der Waals surface area contributed by atoms with Crippen molar-refractivity contribution >= 4 is 5.78 Å². The number of Topliss-reactive ketones (excluding diaryl/α,β-unsaturated/α-hetero) is 1. The molecule has 2 atom stereocenters. The van der Waals surface area contributed by atoms with Crippen molar-refractivity contribution < 1.29 is 14.3 Å². The molecule has 3 heteroatoms. The Morgan fingerprint density at radius 3 is 2.38 bits per heavy atom. The summed E-state index contributed by atoms with van der Waals surface area (Å²) in [6.07, 6.45) is 17.0. The Balaban J connectivity index is 1.98. The first kappa shape index (κ1) is 21.6. The van der Waals surface area contributed by atoms with Crippen molar-refractivity contribution in [3.05, 3.63) is 0 Å². The predicted molar refractivity (Wildman–Crippen MR) is 100 cm³/mol. The zero-order valence-electron chi connectivity index (χ0n) is 16.2. The van der Waals surface area contributed by atoms with Gasteiger partial charge in [-0.05, 0) is 44.9 Å². The second kappa shape index (κ2) is 14.9. The van der Waals surface area contributed by atoms with Crippen molar-refractivity contribution in [2.45, 2.75) is 123 Å². The molecule has 1 saturated heterocycles. The lowest BCUT2D eigenvalue weighted by molar-refractivity contribution is -0.189. The summed E-state index contributed by atoms with van der Waals surface area (Å²) in [5.41, 5.74) is 0. The number of hydrogen-bond donors (Lipinski definition) is 0. The van der Waals surface area contributed by atoms with Gasteiger partial charge in [0.15, 0.2) is 6.29 Å². The van der Waals surface area contributed by atoms with Crippen LogP contribution in [0.5, 0.6) is 0 Å². The quantitative estimate of drug-likeness (QED) is 0.333. The fourth-order valence-corrected chi connectivity index (χ4v) is 3.33. The van der Waals surface area contributed by atoms with E-state index in [4.69, 9.17) is 9.47 Å². The molecule has 0 aliphatic carbocycles. The average Bonchev–Trinajstić information content (AvgIpc) is 2.61. The maximum absolute atomic E-state index is 12.0. The molecule has 2 unspecified atom stereocenters. The standard InChI is InChI=1S/C21H40O3/c1-3-5-6-7-8-9-10-14-19(22)15-13-16-20(4-2)24-21-17-11-12-18-23-21/h20-21H,3-18H2,1-2H3. The summed E-state index contributed by atoms with van der Waals surface area (Å²) in [7, 11) is 0. The molecule has 142 valence electrons. The number of carbonyl (C=O) groups is 1. The largest absolute Gasteiger partial charge is 0.353 e. The second-order valence-corrected chi connectivity index (χ2v) is 7.26. The Labute approximate surface area is 149 Å². The van der Waals surface area contributed by atoms with E-state index in [9.17, 15) is 4.79 Å². The van der Waals surface area contributed by atoms with E-state index in [0.717, 1.165) is 58.0 Å². The van der Waals surface area contributed by atoms with E-state index in [1.807, 2.05) is 0 Å². The summed E-state index contributed by atoms with van der Waals surface area (Å²) in [5.74, 6) is 0.437. The van der Waals surface area contributed by atoms with Crippen LogP contribution < -0.4 is 0 Å². The third kappa shape index (κ3) is 11.2. The second-order valence-electron chi connectivity index (χ2n) is 7.26. The molecule has 0 aromatic heterocycles. The van der Waals surface area contributed by atoms with Gasteiger partial charge in [0.05, 0.1) is 6.10 Å². The first-order valence-electron chi connectivity index (χ1n) is 10.5. The Hall–Kier alpha value is -0.410. The molecule has 0 aromatic rings. The van der Waals surface area contributed by atoms with Crippen molar-refractivity contribution in [3.8, 4) is 0 Å². The van der Waals surface area contributed by atoms with Crippen LogP contribution in [0.1, 0.15) is 110 Å². The molecule has 0 N–H and O–H groups in total. The van der Waals surface area contributed by atoms with Crippen molar-refractivity contribution in [1.82, 2.24) is 0 Å². The molecular formula is C21H40O3. The number of carbonyl (C=O) groups excluding carboxylic acids is 1.